The third-order valence-corrected chi connectivity index (χ3v) is 11.2. The van der Waals surface area contributed by atoms with Crippen LogP contribution in [0.2, 0.25) is 18.1 Å². The lowest BCUT2D eigenvalue weighted by Gasteiger charge is -2.49. The standard InChI is InChI=1S/C20H35NO4SSi/c1-12(25-27(9,10)20(5,6)7)15-13-11-14(26-8)16(21(13)17(15)22)18(23)24-19(2,3)4/h12-13,15H,11H2,1-10H3/t12?,13-,15?/m1/s1. The molecule has 0 N–H and O–H groups in total. The third kappa shape index (κ3) is 4.30. The average molecular weight is 414 g/mol. The van der Waals surface area contributed by atoms with Crippen LogP contribution in [-0.2, 0) is 18.8 Å². The van der Waals surface area contributed by atoms with Gasteiger partial charge in [0.25, 0.3) is 0 Å². The molecule has 2 aliphatic heterocycles. The number of amides is 1. The van der Waals surface area contributed by atoms with Crippen molar-refractivity contribution in [3.05, 3.63) is 10.6 Å². The maximum absolute atomic E-state index is 13.0. The van der Waals surface area contributed by atoms with Gasteiger partial charge in [0.15, 0.2) is 8.32 Å². The fourth-order valence-electron chi connectivity index (χ4n) is 3.43. The van der Waals surface area contributed by atoms with Crippen LogP contribution in [0.3, 0.4) is 0 Å². The molecule has 0 bridgehead atoms. The Kier molecular flexibility index (Phi) is 6.02. The number of hydrogen-bond donors (Lipinski definition) is 0. The maximum Gasteiger partial charge on any atom is 0.356 e. The topological polar surface area (TPSA) is 55.8 Å². The van der Waals surface area contributed by atoms with Crippen molar-refractivity contribution >= 4 is 32.0 Å². The Hall–Kier alpha value is -0.793. The normalized spacial score (nSPS) is 24.7. The molecule has 0 aromatic carbocycles. The molecule has 0 saturated carbocycles. The first kappa shape index (κ1) is 22.5. The zero-order valence-electron chi connectivity index (χ0n) is 18.4. The highest BCUT2D eigenvalue weighted by molar-refractivity contribution is 8.02. The van der Waals surface area contributed by atoms with Crippen molar-refractivity contribution in [3.63, 3.8) is 0 Å². The van der Waals surface area contributed by atoms with Gasteiger partial charge in [-0.3, -0.25) is 4.79 Å². The Bertz CT molecular complexity index is 660. The molecular weight excluding hydrogens is 378 g/mol. The first-order valence-electron chi connectivity index (χ1n) is 9.62. The van der Waals surface area contributed by atoms with Crippen LogP contribution in [-0.4, -0.2) is 49.1 Å². The van der Waals surface area contributed by atoms with Crippen molar-refractivity contribution in [2.45, 2.75) is 90.8 Å². The van der Waals surface area contributed by atoms with Gasteiger partial charge in [-0.25, -0.2) is 4.79 Å². The van der Waals surface area contributed by atoms with Crippen molar-refractivity contribution in [1.29, 1.82) is 0 Å². The summed E-state index contributed by atoms with van der Waals surface area (Å²) < 4.78 is 12.0. The minimum absolute atomic E-state index is 0.00207. The lowest BCUT2D eigenvalue weighted by Crippen LogP contribution is -2.63. The lowest BCUT2D eigenvalue weighted by molar-refractivity contribution is -0.165. The smallest absolute Gasteiger partial charge is 0.356 e. The van der Waals surface area contributed by atoms with Gasteiger partial charge in [-0.1, -0.05) is 20.8 Å². The first-order chi connectivity index (χ1) is 12.1. The van der Waals surface area contributed by atoms with E-state index in [0.717, 1.165) is 4.91 Å². The molecule has 1 amide bonds. The highest BCUT2D eigenvalue weighted by Gasteiger charge is 2.58. The van der Waals surface area contributed by atoms with Crippen molar-refractivity contribution < 1.29 is 18.8 Å². The summed E-state index contributed by atoms with van der Waals surface area (Å²) in [6.07, 6.45) is 2.50. The van der Waals surface area contributed by atoms with Crippen molar-refractivity contribution in [3.8, 4) is 0 Å². The van der Waals surface area contributed by atoms with Gasteiger partial charge >= 0.3 is 5.97 Å². The van der Waals surface area contributed by atoms with E-state index in [0.29, 0.717) is 12.1 Å². The number of esters is 1. The van der Waals surface area contributed by atoms with Crippen LogP contribution in [0, 0.1) is 5.92 Å². The van der Waals surface area contributed by atoms with Crippen LogP contribution in [0.15, 0.2) is 10.6 Å². The number of ether oxygens (including phenoxy) is 1. The van der Waals surface area contributed by atoms with E-state index in [-0.39, 0.29) is 29.0 Å². The van der Waals surface area contributed by atoms with Crippen LogP contribution >= 0.6 is 11.8 Å². The third-order valence-electron chi connectivity index (χ3n) is 5.80. The first-order valence-corrected chi connectivity index (χ1v) is 13.8. The summed E-state index contributed by atoms with van der Waals surface area (Å²) in [5, 5.41) is 0.0910. The molecule has 3 atom stereocenters. The Balaban J connectivity index is 2.17. The fourth-order valence-corrected chi connectivity index (χ4v) is 5.57. The minimum atomic E-state index is -1.96. The number of β-lactam (4-membered cyclic amide) rings is 1. The summed E-state index contributed by atoms with van der Waals surface area (Å²) in [5.41, 5.74) is -0.152. The maximum atomic E-state index is 13.0. The molecule has 2 heterocycles. The molecule has 2 unspecified atom stereocenters. The number of carbonyl (C=O) groups excluding carboxylic acids is 2. The van der Waals surface area contributed by atoms with E-state index in [1.165, 1.54) is 11.8 Å². The van der Waals surface area contributed by atoms with Crippen molar-refractivity contribution in [2.24, 2.45) is 5.92 Å². The second kappa shape index (κ2) is 7.23. The lowest BCUT2D eigenvalue weighted by atomic mass is 9.83. The predicted molar refractivity (Wildman–Crippen MR) is 113 cm³/mol. The Labute approximate surface area is 169 Å². The van der Waals surface area contributed by atoms with E-state index in [4.69, 9.17) is 9.16 Å². The van der Waals surface area contributed by atoms with Gasteiger partial charge in [-0.05, 0) is 52.1 Å². The van der Waals surface area contributed by atoms with E-state index < -0.39 is 19.9 Å². The van der Waals surface area contributed by atoms with Crippen LogP contribution in [0.1, 0.15) is 54.9 Å². The Morgan fingerprint density at radius 3 is 2.22 bits per heavy atom. The number of thioether (sulfide) groups is 1. The van der Waals surface area contributed by atoms with Crippen molar-refractivity contribution in [1.82, 2.24) is 4.90 Å². The molecule has 5 nitrogen and oxygen atoms in total. The Morgan fingerprint density at radius 2 is 1.78 bits per heavy atom. The molecule has 0 spiro atoms. The summed E-state index contributed by atoms with van der Waals surface area (Å²) in [7, 11) is -1.96. The van der Waals surface area contributed by atoms with Gasteiger partial charge in [-0.2, -0.15) is 0 Å². The second-order valence-corrected chi connectivity index (χ2v) is 15.7. The number of carbonyl (C=O) groups is 2. The summed E-state index contributed by atoms with van der Waals surface area (Å²) in [4.78, 5) is 28.2. The van der Waals surface area contributed by atoms with Crippen LogP contribution in [0.5, 0.6) is 0 Å². The van der Waals surface area contributed by atoms with Crippen LogP contribution in [0.4, 0.5) is 0 Å². The number of nitrogens with zero attached hydrogens (tertiary/aromatic N) is 1. The monoisotopic (exact) mass is 413 g/mol. The molecule has 0 aliphatic carbocycles. The molecule has 0 aromatic rings. The van der Waals surface area contributed by atoms with E-state index >= 15 is 0 Å². The summed E-state index contributed by atoms with van der Waals surface area (Å²) in [5.74, 6) is -0.614. The van der Waals surface area contributed by atoms with E-state index in [1.54, 1.807) is 4.90 Å². The predicted octanol–water partition coefficient (Wildman–Crippen LogP) is 4.54. The van der Waals surface area contributed by atoms with Crippen LogP contribution < -0.4 is 0 Å². The molecule has 0 aromatic heterocycles. The molecule has 2 rings (SSSR count). The fraction of sp³-hybridized carbons (Fsp3) is 0.800. The van der Waals surface area contributed by atoms with Gasteiger partial charge in [-0.15, -0.1) is 11.8 Å². The quantitative estimate of drug-likeness (QED) is 0.376. The van der Waals surface area contributed by atoms with Crippen LogP contribution in [0.25, 0.3) is 0 Å². The van der Waals surface area contributed by atoms with Gasteiger partial charge in [0, 0.05) is 11.3 Å². The molecule has 0 radical (unpaired) electrons. The SMILES string of the molecule is CSC1=C(C(=O)OC(C)(C)C)N2C(=O)C(C(C)O[Si](C)(C)C(C)(C)C)[C@H]2C1. The molecular formula is C20H35NO4SSi. The van der Waals surface area contributed by atoms with E-state index in [9.17, 15) is 9.59 Å². The Morgan fingerprint density at radius 1 is 1.22 bits per heavy atom. The molecule has 7 heteroatoms. The van der Waals surface area contributed by atoms with Gasteiger partial charge in [0.1, 0.15) is 11.3 Å². The summed E-state index contributed by atoms with van der Waals surface area (Å²) >= 11 is 1.53. The number of rotatable bonds is 5. The highest BCUT2D eigenvalue weighted by Crippen LogP contribution is 2.48. The number of fused-ring (bicyclic) bond motifs is 1. The van der Waals surface area contributed by atoms with E-state index in [2.05, 4.69) is 33.9 Å². The molecule has 1 saturated heterocycles. The molecule has 2 aliphatic rings. The minimum Gasteiger partial charge on any atom is -0.455 e. The summed E-state index contributed by atoms with van der Waals surface area (Å²) in [6, 6.07) is 0.00207. The summed E-state index contributed by atoms with van der Waals surface area (Å²) in [6.45, 7) is 18.5. The largest absolute Gasteiger partial charge is 0.455 e. The molecule has 154 valence electrons. The molecule has 27 heavy (non-hydrogen) atoms. The van der Waals surface area contributed by atoms with Gasteiger partial charge in [0.2, 0.25) is 5.91 Å². The van der Waals surface area contributed by atoms with E-state index in [1.807, 2.05) is 34.0 Å². The van der Waals surface area contributed by atoms with Crippen molar-refractivity contribution in [2.75, 3.05) is 6.26 Å². The number of hydrogen-bond acceptors (Lipinski definition) is 5. The van der Waals surface area contributed by atoms with Gasteiger partial charge < -0.3 is 14.1 Å². The second-order valence-electron chi connectivity index (χ2n) is 10.1. The average Bonchev–Trinajstić information content (AvgIpc) is 2.78. The zero-order chi connectivity index (χ0) is 20.9. The molecule has 1 fully saturated rings. The zero-order valence-corrected chi connectivity index (χ0v) is 20.2. The van der Waals surface area contributed by atoms with Gasteiger partial charge in [0.05, 0.1) is 18.1 Å². The highest BCUT2D eigenvalue weighted by atomic mass is 32.2.